The zero-order chi connectivity index (χ0) is 13.9. The molecular weight excluding hydrogens is 259 g/mol. The molecule has 1 aliphatic carbocycles. The van der Waals surface area contributed by atoms with E-state index in [0.29, 0.717) is 25.3 Å². The van der Waals surface area contributed by atoms with Crippen LogP contribution in [0, 0.1) is 5.82 Å². The maximum Gasteiger partial charge on any atom is 0.253 e. The molecule has 0 bridgehead atoms. The molecule has 3 rings (SSSR count). The second kappa shape index (κ2) is 5.89. The van der Waals surface area contributed by atoms with Crippen molar-refractivity contribution in [2.24, 2.45) is 0 Å². The van der Waals surface area contributed by atoms with Gasteiger partial charge in [0.2, 0.25) is 0 Å². The van der Waals surface area contributed by atoms with E-state index in [1.165, 1.54) is 6.07 Å². The number of rotatable bonds is 4. The normalized spacial score (nSPS) is 22.6. The molecule has 2 aliphatic rings. The van der Waals surface area contributed by atoms with Crippen LogP contribution in [0.2, 0.25) is 0 Å². The molecule has 2 fully saturated rings. The number of nitrogens with one attached hydrogen (secondary N) is 1. The van der Waals surface area contributed by atoms with Crippen LogP contribution in [-0.4, -0.2) is 42.6 Å². The SMILES string of the molecule is O=C([C@@H]1CNCCO1)N(Cc1ccccc1F)C1CC1. The van der Waals surface area contributed by atoms with Gasteiger partial charge in [-0.3, -0.25) is 4.79 Å². The highest BCUT2D eigenvalue weighted by Gasteiger charge is 2.37. The number of ether oxygens (including phenoxy) is 1. The van der Waals surface area contributed by atoms with Gasteiger partial charge in [0, 0.05) is 31.2 Å². The van der Waals surface area contributed by atoms with E-state index in [4.69, 9.17) is 4.74 Å². The Morgan fingerprint density at radius 3 is 2.85 bits per heavy atom. The van der Waals surface area contributed by atoms with Gasteiger partial charge in [-0.2, -0.15) is 0 Å². The van der Waals surface area contributed by atoms with Gasteiger partial charge < -0.3 is 15.0 Å². The second-order valence-electron chi connectivity index (χ2n) is 5.35. The number of hydrogen-bond donors (Lipinski definition) is 1. The molecule has 0 aromatic heterocycles. The zero-order valence-electron chi connectivity index (χ0n) is 11.3. The summed E-state index contributed by atoms with van der Waals surface area (Å²) in [5.41, 5.74) is 0.566. The summed E-state index contributed by atoms with van der Waals surface area (Å²) in [6.45, 7) is 2.20. The molecule has 1 aromatic rings. The lowest BCUT2D eigenvalue weighted by Crippen LogP contribution is -2.49. The van der Waals surface area contributed by atoms with Crippen molar-refractivity contribution in [1.29, 1.82) is 0 Å². The molecule has 1 amide bonds. The van der Waals surface area contributed by atoms with Crippen molar-refractivity contribution in [2.45, 2.75) is 31.5 Å². The first-order valence-electron chi connectivity index (χ1n) is 7.12. The fourth-order valence-electron chi connectivity index (χ4n) is 2.49. The third kappa shape index (κ3) is 2.99. The van der Waals surface area contributed by atoms with E-state index in [9.17, 15) is 9.18 Å². The van der Waals surface area contributed by atoms with E-state index in [-0.39, 0.29) is 17.8 Å². The summed E-state index contributed by atoms with van der Waals surface area (Å²) in [5.74, 6) is -0.281. The van der Waals surface area contributed by atoms with Crippen LogP contribution in [0.3, 0.4) is 0 Å². The van der Waals surface area contributed by atoms with E-state index in [0.717, 1.165) is 19.4 Å². The van der Waals surface area contributed by atoms with Crippen molar-refractivity contribution >= 4 is 5.91 Å². The maximum absolute atomic E-state index is 13.8. The number of carbonyl (C=O) groups is 1. The molecule has 0 radical (unpaired) electrons. The van der Waals surface area contributed by atoms with Crippen LogP contribution in [0.25, 0.3) is 0 Å². The molecule has 4 nitrogen and oxygen atoms in total. The van der Waals surface area contributed by atoms with E-state index >= 15 is 0 Å². The minimum absolute atomic E-state index is 0.0250. The van der Waals surface area contributed by atoms with Gasteiger partial charge in [-0.05, 0) is 18.9 Å². The average Bonchev–Trinajstić information content (AvgIpc) is 3.31. The first kappa shape index (κ1) is 13.5. The van der Waals surface area contributed by atoms with E-state index < -0.39 is 6.10 Å². The molecule has 1 saturated heterocycles. The first-order chi connectivity index (χ1) is 9.75. The Labute approximate surface area is 117 Å². The van der Waals surface area contributed by atoms with Gasteiger partial charge in [-0.25, -0.2) is 4.39 Å². The van der Waals surface area contributed by atoms with Gasteiger partial charge in [0.25, 0.3) is 5.91 Å². The van der Waals surface area contributed by atoms with Gasteiger partial charge in [0.05, 0.1) is 6.61 Å². The Morgan fingerprint density at radius 1 is 1.40 bits per heavy atom. The van der Waals surface area contributed by atoms with Crippen LogP contribution in [0.5, 0.6) is 0 Å². The molecule has 1 N–H and O–H groups in total. The minimum Gasteiger partial charge on any atom is -0.366 e. The zero-order valence-corrected chi connectivity index (χ0v) is 11.3. The largest absolute Gasteiger partial charge is 0.366 e. The fraction of sp³-hybridized carbons (Fsp3) is 0.533. The van der Waals surface area contributed by atoms with Gasteiger partial charge in [-0.15, -0.1) is 0 Å². The van der Waals surface area contributed by atoms with E-state index in [2.05, 4.69) is 5.32 Å². The Kier molecular flexibility index (Phi) is 3.98. The van der Waals surface area contributed by atoms with Gasteiger partial charge >= 0.3 is 0 Å². The fourth-order valence-corrected chi connectivity index (χ4v) is 2.49. The Balaban J connectivity index is 1.72. The number of hydrogen-bond acceptors (Lipinski definition) is 3. The first-order valence-corrected chi connectivity index (χ1v) is 7.12. The van der Waals surface area contributed by atoms with Crippen LogP contribution >= 0.6 is 0 Å². The van der Waals surface area contributed by atoms with Crippen molar-refractivity contribution in [3.63, 3.8) is 0 Å². The highest BCUT2D eigenvalue weighted by molar-refractivity contribution is 5.82. The predicted octanol–water partition coefficient (Wildman–Crippen LogP) is 1.31. The predicted molar refractivity (Wildman–Crippen MR) is 72.6 cm³/mol. The molecule has 1 aromatic carbocycles. The summed E-state index contributed by atoms with van der Waals surface area (Å²) in [4.78, 5) is 14.3. The molecule has 0 unspecified atom stereocenters. The maximum atomic E-state index is 13.8. The Bertz CT molecular complexity index is 485. The number of carbonyl (C=O) groups excluding carboxylic acids is 1. The summed E-state index contributed by atoms with van der Waals surface area (Å²) >= 11 is 0. The van der Waals surface area contributed by atoms with Crippen molar-refractivity contribution in [3.05, 3.63) is 35.6 Å². The molecule has 1 atom stereocenters. The summed E-state index contributed by atoms with van der Waals surface area (Å²) < 4.78 is 19.3. The third-order valence-corrected chi connectivity index (χ3v) is 3.77. The summed E-state index contributed by atoms with van der Waals surface area (Å²) in [6, 6.07) is 6.87. The highest BCUT2D eigenvalue weighted by Crippen LogP contribution is 2.29. The molecule has 1 aliphatic heterocycles. The second-order valence-corrected chi connectivity index (χ2v) is 5.35. The highest BCUT2D eigenvalue weighted by atomic mass is 19.1. The lowest BCUT2D eigenvalue weighted by atomic mass is 10.1. The van der Waals surface area contributed by atoms with Crippen LogP contribution in [-0.2, 0) is 16.1 Å². The van der Waals surface area contributed by atoms with Crippen molar-refractivity contribution in [2.75, 3.05) is 19.7 Å². The third-order valence-electron chi connectivity index (χ3n) is 3.77. The van der Waals surface area contributed by atoms with Gasteiger partial charge in [0.15, 0.2) is 0 Å². The lowest BCUT2D eigenvalue weighted by molar-refractivity contribution is -0.146. The Hall–Kier alpha value is -1.46. The number of amides is 1. The van der Waals surface area contributed by atoms with Crippen LogP contribution in [0.1, 0.15) is 18.4 Å². The van der Waals surface area contributed by atoms with Crippen molar-refractivity contribution < 1.29 is 13.9 Å². The van der Waals surface area contributed by atoms with Gasteiger partial charge in [-0.1, -0.05) is 18.2 Å². The molecular formula is C15H19FN2O2. The van der Waals surface area contributed by atoms with Crippen molar-refractivity contribution in [1.82, 2.24) is 10.2 Å². The minimum atomic E-state index is -0.434. The lowest BCUT2D eigenvalue weighted by Gasteiger charge is -2.30. The van der Waals surface area contributed by atoms with Crippen LogP contribution < -0.4 is 5.32 Å². The van der Waals surface area contributed by atoms with E-state index in [1.54, 1.807) is 23.1 Å². The van der Waals surface area contributed by atoms with Gasteiger partial charge in [0.1, 0.15) is 11.9 Å². The Morgan fingerprint density at radius 2 is 2.20 bits per heavy atom. The number of morpholine rings is 1. The smallest absolute Gasteiger partial charge is 0.253 e. The topological polar surface area (TPSA) is 41.6 Å². The summed E-state index contributed by atoms with van der Waals surface area (Å²) in [5, 5.41) is 3.16. The molecule has 5 heteroatoms. The summed E-state index contributed by atoms with van der Waals surface area (Å²) in [6.07, 6.45) is 1.57. The molecule has 0 spiro atoms. The van der Waals surface area contributed by atoms with Crippen LogP contribution in [0.15, 0.2) is 24.3 Å². The number of nitrogens with zero attached hydrogens (tertiary/aromatic N) is 1. The molecule has 1 heterocycles. The van der Waals surface area contributed by atoms with Crippen molar-refractivity contribution in [3.8, 4) is 0 Å². The number of halogens is 1. The molecule has 20 heavy (non-hydrogen) atoms. The quantitative estimate of drug-likeness (QED) is 0.903. The summed E-state index contributed by atoms with van der Waals surface area (Å²) in [7, 11) is 0. The van der Waals surface area contributed by atoms with E-state index in [1.807, 2.05) is 0 Å². The molecule has 108 valence electrons. The number of benzene rings is 1. The molecule has 1 saturated carbocycles. The standard InChI is InChI=1S/C15H19FN2O2/c16-13-4-2-1-3-11(13)10-18(12-5-6-12)15(19)14-9-17-7-8-20-14/h1-4,12,14,17H,5-10H2/t14-/m0/s1. The average molecular weight is 278 g/mol. The van der Waals surface area contributed by atoms with Crippen LogP contribution in [0.4, 0.5) is 4.39 Å². The monoisotopic (exact) mass is 278 g/mol.